The van der Waals surface area contributed by atoms with E-state index >= 15 is 0 Å². The fraction of sp³-hybridized carbons (Fsp3) is 0.353. The number of hydrogen-bond donors (Lipinski definition) is 1. The number of rotatable bonds is 8. The molecule has 0 aliphatic rings. The highest BCUT2D eigenvalue weighted by molar-refractivity contribution is 7.92. The van der Waals surface area contributed by atoms with Crippen molar-refractivity contribution >= 4 is 15.8 Å². The number of aromatic nitrogens is 1. The van der Waals surface area contributed by atoms with Crippen molar-refractivity contribution in [3.8, 4) is 11.5 Å². The largest absolute Gasteiger partial charge is 0.484 e. The zero-order valence-corrected chi connectivity index (χ0v) is 16.2. The number of alkyl halides is 6. The van der Waals surface area contributed by atoms with Gasteiger partial charge in [0, 0.05) is 11.8 Å². The smallest absolute Gasteiger partial charge is 0.422 e. The van der Waals surface area contributed by atoms with E-state index in [1.165, 1.54) is 12.1 Å². The minimum absolute atomic E-state index is 0.127. The number of ether oxygens (including phenoxy) is 2. The van der Waals surface area contributed by atoms with Crippen LogP contribution in [0.5, 0.6) is 11.5 Å². The first kappa shape index (κ1) is 23.6. The molecule has 0 saturated heterocycles. The lowest BCUT2D eigenvalue weighted by atomic mass is 10.3. The molecule has 0 saturated carbocycles. The van der Waals surface area contributed by atoms with Gasteiger partial charge in [-0.2, -0.15) is 26.3 Å². The molecule has 0 bridgehead atoms. The summed E-state index contributed by atoms with van der Waals surface area (Å²) < 4.78 is 111. The number of anilines is 1. The average molecular weight is 458 g/mol. The van der Waals surface area contributed by atoms with Gasteiger partial charge in [0.25, 0.3) is 10.0 Å². The standard InChI is InChI=1S/C17H16F6N2O4S/c1-2-11-4-3-5-15(24-11)25-30(26,27)14-8-12(28-9-16(18,19)20)6-7-13(14)29-10-17(21,22)23/h3-8H,2,9-10H2,1H3,(H,24,25). The number of hydrogen-bond acceptors (Lipinski definition) is 5. The summed E-state index contributed by atoms with van der Waals surface area (Å²) in [6, 6.07) is 6.73. The van der Waals surface area contributed by atoms with E-state index in [1.807, 2.05) is 0 Å². The van der Waals surface area contributed by atoms with Crippen molar-refractivity contribution in [1.82, 2.24) is 4.98 Å². The van der Waals surface area contributed by atoms with E-state index in [2.05, 4.69) is 19.2 Å². The summed E-state index contributed by atoms with van der Waals surface area (Å²) in [5, 5.41) is 0. The molecule has 13 heteroatoms. The molecule has 0 radical (unpaired) electrons. The minimum Gasteiger partial charge on any atom is -0.484 e. The fourth-order valence-corrected chi connectivity index (χ4v) is 3.32. The van der Waals surface area contributed by atoms with Crippen LogP contribution in [0.4, 0.5) is 32.2 Å². The molecule has 0 fully saturated rings. The van der Waals surface area contributed by atoms with Crippen molar-refractivity contribution in [1.29, 1.82) is 0 Å². The van der Waals surface area contributed by atoms with E-state index in [-0.39, 0.29) is 5.82 Å². The van der Waals surface area contributed by atoms with E-state index in [9.17, 15) is 34.8 Å². The van der Waals surface area contributed by atoms with Gasteiger partial charge < -0.3 is 9.47 Å². The molecule has 166 valence electrons. The molecule has 0 aliphatic heterocycles. The van der Waals surface area contributed by atoms with Gasteiger partial charge in [-0.05, 0) is 30.7 Å². The molecule has 1 N–H and O–H groups in total. The van der Waals surface area contributed by atoms with Crippen LogP contribution in [0.3, 0.4) is 0 Å². The number of sulfonamides is 1. The first-order valence-electron chi connectivity index (χ1n) is 8.31. The molecule has 6 nitrogen and oxygen atoms in total. The number of pyridine rings is 1. The zero-order valence-electron chi connectivity index (χ0n) is 15.3. The van der Waals surface area contributed by atoms with E-state index in [0.29, 0.717) is 18.2 Å². The summed E-state index contributed by atoms with van der Waals surface area (Å²) >= 11 is 0. The van der Waals surface area contributed by atoms with Crippen LogP contribution < -0.4 is 14.2 Å². The Labute approximate surface area is 167 Å². The molecule has 0 spiro atoms. The summed E-state index contributed by atoms with van der Waals surface area (Å²) in [5.41, 5.74) is 0.533. The fourth-order valence-electron chi connectivity index (χ4n) is 2.16. The Morgan fingerprint density at radius 2 is 1.60 bits per heavy atom. The Balaban J connectivity index is 2.40. The van der Waals surface area contributed by atoms with Crippen LogP contribution in [0.25, 0.3) is 0 Å². The van der Waals surface area contributed by atoms with Gasteiger partial charge in [-0.25, -0.2) is 13.4 Å². The number of benzene rings is 1. The predicted molar refractivity (Wildman–Crippen MR) is 94.0 cm³/mol. The topological polar surface area (TPSA) is 77.5 Å². The third-order valence-corrected chi connectivity index (χ3v) is 4.78. The van der Waals surface area contributed by atoms with Gasteiger partial charge in [0.1, 0.15) is 22.2 Å². The number of halogens is 6. The highest BCUT2D eigenvalue weighted by Gasteiger charge is 2.31. The zero-order chi connectivity index (χ0) is 22.6. The van der Waals surface area contributed by atoms with Crippen molar-refractivity contribution < 1.29 is 44.2 Å². The van der Waals surface area contributed by atoms with Crippen LogP contribution in [0, 0.1) is 0 Å². The Morgan fingerprint density at radius 1 is 0.967 bits per heavy atom. The molecule has 1 heterocycles. The van der Waals surface area contributed by atoms with Crippen LogP contribution in [0.15, 0.2) is 41.3 Å². The summed E-state index contributed by atoms with van der Waals surface area (Å²) in [5.74, 6) is -1.37. The van der Waals surface area contributed by atoms with Crippen LogP contribution >= 0.6 is 0 Å². The van der Waals surface area contributed by atoms with Gasteiger partial charge in [-0.1, -0.05) is 13.0 Å². The highest BCUT2D eigenvalue weighted by atomic mass is 32.2. The lowest BCUT2D eigenvalue weighted by Crippen LogP contribution is -2.22. The molecule has 0 amide bonds. The predicted octanol–water partition coefficient (Wildman–Crippen LogP) is 4.33. The van der Waals surface area contributed by atoms with Crippen molar-refractivity contribution in [3.05, 3.63) is 42.1 Å². The normalized spacial score (nSPS) is 12.5. The molecule has 2 rings (SSSR count). The molecule has 0 atom stereocenters. The van der Waals surface area contributed by atoms with Gasteiger partial charge >= 0.3 is 12.4 Å². The van der Waals surface area contributed by atoms with Crippen molar-refractivity contribution in [2.75, 3.05) is 17.9 Å². The van der Waals surface area contributed by atoms with E-state index in [4.69, 9.17) is 0 Å². The van der Waals surface area contributed by atoms with Crippen molar-refractivity contribution in [3.63, 3.8) is 0 Å². The first-order valence-corrected chi connectivity index (χ1v) is 9.79. The summed E-state index contributed by atoms with van der Waals surface area (Å²) in [6.07, 6.45) is -8.99. The molecule has 30 heavy (non-hydrogen) atoms. The second kappa shape index (κ2) is 8.98. The second-order valence-corrected chi connectivity index (χ2v) is 7.54. The number of aryl methyl sites for hydroxylation is 1. The SMILES string of the molecule is CCc1cccc(NS(=O)(=O)c2cc(OCC(F)(F)F)ccc2OCC(F)(F)F)n1. The number of nitrogens with one attached hydrogen (secondary N) is 1. The molecule has 1 aromatic heterocycles. The third kappa shape index (κ3) is 7.28. The Morgan fingerprint density at radius 3 is 2.20 bits per heavy atom. The Kier molecular flexibility index (Phi) is 7.06. The molecular weight excluding hydrogens is 442 g/mol. The third-order valence-electron chi connectivity index (χ3n) is 3.41. The van der Waals surface area contributed by atoms with Crippen LogP contribution in [0.1, 0.15) is 12.6 Å². The van der Waals surface area contributed by atoms with E-state index in [1.54, 1.807) is 13.0 Å². The monoisotopic (exact) mass is 458 g/mol. The molecule has 1 aromatic carbocycles. The van der Waals surface area contributed by atoms with Gasteiger partial charge in [-0.3, -0.25) is 4.72 Å². The Bertz CT molecular complexity index is 977. The van der Waals surface area contributed by atoms with Crippen LogP contribution in [-0.4, -0.2) is 39.0 Å². The minimum atomic E-state index is -4.77. The maximum atomic E-state index is 12.7. The average Bonchev–Trinajstić information content (AvgIpc) is 2.63. The maximum absolute atomic E-state index is 12.7. The molecular formula is C17H16F6N2O4S. The van der Waals surface area contributed by atoms with Crippen molar-refractivity contribution in [2.24, 2.45) is 0 Å². The lowest BCUT2D eigenvalue weighted by molar-refractivity contribution is -0.154. The molecule has 0 aliphatic carbocycles. The summed E-state index contributed by atoms with van der Waals surface area (Å²) in [7, 11) is -4.58. The van der Waals surface area contributed by atoms with E-state index in [0.717, 1.165) is 12.1 Å². The lowest BCUT2D eigenvalue weighted by Gasteiger charge is -2.16. The molecule has 0 unspecified atom stereocenters. The maximum Gasteiger partial charge on any atom is 0.422 e. The second-order valence-electron chi connectivity index (χ2n) is 5.89. The van der Waals surface area contributed by atoms with Crippen molar-refractivity contribution in [2.45, 2.75) is 30.6 Å². The Hall–Kier alpha value is -2.70. The molecule has 2 aromatic rings. The highest BCUT2D eigenvalue weighted by Crippen LogP contribution is 2.32. The van der Waals surface area contributed by atoms with Gasteiger partial charge in [-0.15, -0.1) is 0 Å². The first-order chi connectivity index (χ1) is 13.8. The summed E-state index contributed by atoms with van der Waals surface area (Å²) in [4.78, 5) is 3.18. The van der Waals surface area contributed by atoms with Gasteiger partial charge in [0.15, 0.2) is 13.2 Å². The number of nitrogens with zero attached hydrogens (tertiary/aromatic N) is 1. The van der Waals surface area contributed by atoms with E-state index < -0.39 is 52.0 Å². The van der Waals surface area contributed by atoms with Gasteiger partial charge in [0.2, 0.25) is 0 Å². The summed E-state index contributed by atoms with van der Waals surface area (Å²) in [6.45, 7) is -1.75. The van der Waals surface area contributed by atoms with Crippen LogP contribution in [0.2, 0.25) is 0 Å². The van der Waals surface area contributed by atoms with Crippen LogP contribution in [-0.2, 0) is 16.4 Å². The quantitative estimate of drug-likeness (QED) is 0.596. The van der Waals surface area contributed by atoms with Gasteiger partial charge in [0.05, 0.1) is 0 Å².